The summed E-state index contributed by atoms with van der Waals surface area (Å²) in [6.07, 6.45) is 4.95. The zero-order valence-electron chi connectivity index (χ0n) is 15.2. The molecule has 3 rings (SSSR count). The van der Waals surface area contributed by atoms with Crippen LogP contribution in [0.2, 0.25) is 5.02 Å². The van der Waals surface area contributed by atoms with E-state index in [0.717, 1.165) is 30.0 Å². The molecule has 7 heteroatoms. The molecule has 26 heavy (non-hydrogen) atoms. The Morgan fingerprint density at radius 3 is 2.96 bits per heavy atom. The van der Waals surface area contributed by atoms with Crippen molar-refractivity contribution in [2.45, 2.75) is 44.8 Å². The fourth-order valence-corrected chi connectivity index (χ4v) is 3.06. The number of carbonyl (C=O) groups is 1. The van der Waals surface area contributed by atoms with E-state index in [-0.39, 0.29) is 6.04 Å². The number of aromatic nitrogens is 2. The second-order valence-electron chi connectivity index (χ2n) is 6.63. The van der Waals surface area contributed by atoms with E-state index < -0.39 is 6.09 Å². The van der Waals surface area contributed by atoms with Gasteiger partial charge in [0.05, 0.1) is 12.8 Å². The van der Waals surface area contributed by atoms with Crippen LogP contribution in [0, 0.1) is 0 Å². The minimum Gasteiger partial charge on any atom is -0.453 e. The van der Waals surface area contributed by atoms with Gasteiger partial charge >= 0.3 is 6.09 Å². The van der Waals surface area contributed by atoms with Crippen LogP contribution in [-0.2, 0) is 11.3 Å². The van der Waals surface area contributed by atoms with E-state index in [4.69, 9.17) is 16.6 Å². The van der Waals surface area contributed by atoms with Crippen LogP contribution in [0.3, 0.4) is 0 Å². The average Bonchev–Trinajstić information content (AvgIpc) is 3.34. The van der Waals surface area contributed by atoms with Gasteiger partial charge in [-0.2, -0.15) is 0 Å². The van der Waals surface area contributed by atoms with Gasteiger partial charge < -0.3 is 19.9 Å². The van der Waals surface area contributed by atoms with E-state index >= 15 is 0 Å². The van der Waals surface area contributed by atoms with Crippen molar-refractivity contribution >= 4 is 17.7 Å². The van der Waals surface area contributed by atoms with Crippen LogP contribution in [0.1, 0.15) is 37.9 Å². The van der Waals surface area contributed by atoms with Gasteiger partial charge in [0.2, 0.25) is 0 Å². The molecule has 6 nitrogen and oxygen atoms in total. The fraction of sp³-hybridized carbons (Fsp3) is 0.474. The number of imidazole rings is 1. The van der Waals surface area contributed by atoms with Crippen LogP contribution >= 0.6 is 11.6 Å². The second-order valence-corrected chi connectivity index (χ2v) is 7.06. The number of rotatable bonds is 8. The fourth-order valence-electron chi connectivity index (χ4n) is 2.87. The van der Waals surface area contributed by atoms with E-state index in [2.05, 4.69) is 33.1 Å². The van der Waals surface area contributed by atoms with Crippen LogP contribution in [0.15, 0.2) is 30.5 Å². The summed E-state index contributed by atoms with van der Waals surface area (Å²) >= 11 is 6.16. The van der Waals surface area contributed by atoms with Gasteiger partial charge in [-0.1, -0.05) is 23.7 Å². The number of hydrogen-bond donors (Lipinski definition) is 2. The van der Waals surface area contributed by atoms with Crippen LogP contribution in [0.5, 0.6) is 0 Å². The Kier molecular flexibility index (Phi) is 6.16. The summed E-state index contributed by atoms with van der Waals surface area (Å²) in [4.78, 5) is 16.0. The highest BCUT2D eigenvalue weighted by Crippen LogP contribution is 2.27. The molecule has 0 bridgehead atoms. The molecule has 1 unspecified atom stereocenters. The molecule has 0 aliphatic heterocycles. The Bertz CT molecular complexity index is 758. The number of alkyl carbamates (subject to hydrolysis) is 1. The third kappa shape index (κ3) is 4.99. The molecule has 1 aromatic heterocycles. The zero-order chi connectivity index (χ0) is 18.5. The molecule has 1 aliphatic carbocycles. The van der Waals surface area contributed by atoms with Crippen molar-refractivity contribution in [2.75, 3.05) is 13.7 Å². The van der Waals surface area contributed by atoms with E-state index in [1.54, 1.807) is 0 Å². The van der Waals surface area contributed by atoms with Gasteiger partial charge in [-0.3, -0.25) is 0 Å². The summed E-state index contributed by atoms with van der Waals surface area (Å²) in [6, 6.07) is 8.55. The normalized spacial score (nSPS) is 14.9. The van der Waals surface area contributed by atoms with Crippen molar-refractivity contribution < 1.29 is 9.53 Å². The standard InChI is InChI=1S/C19H25ClN4O2/c1-13(22-16-7-8-16)17-12-24(10-4-9-21-19(25)26-2)18(23-17)14-5-3-6-15(20)11-14/h3,5-6,11-13,16,22H,4,7-10H2,1-2H3,(H,21,25). The predicted octanol–water partition coefficient (Wildman–Crippen LogP) is 3.76. The smallest absolute Gasteiger partial charge is 0.406 e. The van der Waals surface area contributed by atoms with Gasteiger partial charge in [-0.15, -0.1) is 0 Å². The number of amides is 1. The highest BCUT2D eigenvalue weighted by molar-refractivity contribution is 6.30. The van der Waals surface area contributed by atoms with Gasteiger partial charge in [-0.25, -0.2) is 9.78 Å². The SMILES string of the molecule is COC(=O)NCCCn1cc(C(C)NC2CC2)nc1-c1cccc(Cl)c1. The Balaban J connectivity index is 1.75. The van der Waals surface area contributed by atoms with E-state index in [1.807, 2.05) is 24.3 Å². The number of nitrogens with one attached hydrogen (secondary N) is 2. The molecule has 2 aromatic rings. The second kappa shape index (κ2) is 8.56. The number of aryl methyl sites for hydroxylation is 1. The minimum absolute atomic E-state index is 0.204. The number of hydrogen-bond acceptors (Lipinski definition) is 4. The largest absolute Gasteiger partial charge is 0.453 e. The zero-order valence-corrected chi connectivity index (χ0v) is 15.9. The maximum absolute atomic E-state index is 11.2. The van der Waals surface area contributed by atoms with E-state index in [1.165, 1.54) is 20.0 Å². The number of benzene rings is 1. The molecule has 1 heterocycles. The quantitative estimate of drug-likeness (QED) is 0.688. The van der Waals surface area contributed by atoms with E-state index in [9.17, 15) is 4.79 Å². The molecule has 0 radical (unpaired) electrons. The van der Waals surface area contributed by atoms with Crippen molar-refractivity contribution in [3.63, 3.8) is 0 Å². The Morgan fingerprint density at radius 2 is 2.27 bits per heavy atom. The van der Waals surface area contributed by atoms with Gasteiger partial charge in [0, 0.05) is 42.0 Å². The van der Waals surface area contributed by atoms with Crippen molar-refractivity contribution in [3.05, 3.63) is 41.2 Å². The molecule has 140 valence electrons. The molecule has 0 saturated heterocycles. The van der Waals surface area contributed by atoms with Gasteiger partial charge in [0.15, 0.2) is 0 Å². The van der Waals surface area contributed by atoms with Crippen LogP contribution < -0.4 is 10.6 Å². The molecule has 1 aromatic carbocycles. The first kappa shape index (κ1) is 18.7. The lowest BCUT2D eigenvalue weighted by molar-refractivity contribution is 0.171. The lowest BCUT2D eigenvalue weighted by Gasteiger charge is -2.09. The van der Waals surface area contributed by atoms with Crippen molar-refractivity contribution in [3.8, 4) is 11.4 Å². The topological polar surface area (TPSA) is 68.2 Å². The lowest BCUT2D eigenvalue weighted by Crippen LogP contribution is -2.24. The summed E-state index contributed by atoms with van der Waals surface area (Å²) in [5.41, 5.74) is 2.01. The molecule has 2 N–H and O–H groups in total. The van der Waals surface area contributed by atoms with Gasteiger partial charge in [-0.05, 0) is 38.3 Å². The number of methoxy groups -OCH3 is 1. The maximum atomic E-state index is 11.2. The van der Waals surface area contributed by atoms with Crippen molar-refractivity contribution in [2.24, 2.45) is 0 Å². The first-order valence-electron chi connectivity index (χ1n) is 8.97. The Morgan fingerprint density at radius 1 is 1.46 bits per heavy atom. The number of halogens is 1. The molecule has 0 spiro atoms. The molecule has 1 fully saturated rings. The van der Waals surface area contributed by atoms with Crippen LogP contribution in [0.4, 0.5) is 4.79 Å². The summed E-state index contributed by atoms with van der Waals surface area (Å²) in [5.74, 6) is 0.894. The van der Waals surface area contributed by atoms with Crippen LogP contribution in [-0.4, -0.2) is 35.3 Å². The third-order valence-corrected chi connectivity index (χ3v) is 4.65. The summed E-state index contributed by atoms with van der Waals surface area (Å²) in [6.45, 7) is 3.44. The highest BCUT2D eigenvalue weighted by Gasteiger charge is 2.25. The average molecular weight is 377 g/mol. The van der Waals surface area contributed by atoms with Crippen LogP contribution in [0.25, 0.3) is 11.4 Å². The van der Waals surface area contributed by atoms with Gasteiger partial charge in [0.25, 0.3) is 0 Å². The molecule has 1 saturated carbocycles. The van der Waals surface area contributed by atoms with E-state index in [0.29, 0.717) is 17.6 Å². The molecule has 1 aliphatic rings. The first-order valence-corrected chi connectivity index (χ1v) is 9.35. The summed E-state index contributed by atoms with van der Waals surface area (Å²) in [7, 11) is 1.36. The Labute approximate surface area is 158 Å². The summed E-state index contributed by atoms with van der Waals surface area (Å²) in [5, 5.41) is 6.98. The maximum Gasteiger partial charge on any atom is 0.406 e. The first-order chi connectivity index (χ1) is 12.6. The Hall–Kier alpha value is -2.05. The third-order valence-electron chi connectivity index (χ3n) is 4.42. The van der Waals surface area contributed by atoms with Crippen molar-refractivity contribution in [1.82, 2.24) is 20.2 Å². The molecule has 1 atom stereocenters. The number of ether oxygens (including phenoxy) is 1. The lowest BCUT2D eigenvalue weighted by atomic mass is 10.2. The minimum atomic E-state index is -0.409. The summed E-state index contributed by atoms with van der Waals surface area (Å²) < 4.78 is 6.73. The number of nitrogens with zero attached hydrogens (tertiary/aromatic N) is 2. The van der Waals surface area contributed by atoms with Gasteiger partial charge in [0.1, 0.15) is 5.82 Å². The van der Waals surface area contributed by atoms with Crippen molar-refractivity contribution in [1.29, 1.82) is 0 Å². The molecular weight excluding hydrogens is 352 g/mol. The monoisotopic (exact) mass is 376 g/mol. The highest BCUT2D eigenvalue weighted by atomic mass is 35.5. The number of carbonyl (C=O) groups excluding carboxylic acids is 1. The molecule has 1 amide bonds. The molecular formula is C19H25ClN4O2. The predicted molar refractivity (Wildman–Crippen MR) is 102 cm³/mol.